The summed E-state index contributed by atoms with van der Waals surface area (Å²) in [6.45, 7) is 4.55. The third kappa shape index (κ3) is 6.60. The molecule has 0 spiro atoms. The Morgan fingerprint density at radius 3 is 2.03 bits per heavy atom. The minimum absolute atomic E-state index is 0.0459. The Bertz CT molecular complexity index is 721. The molecule has 6 nitrogen and oxygen atoms in total. The average Bonchev–Trinajstić information content (AvgIpc) is 2.71. The van der Waals surface area contributed by atoms with Crippen molar-refractivity contribution in [3.05, 3.63) is 71.8 Å². The zero-order chi connectivity index (χ0) is 20.7. The van der Waals surface area contributed by atoms with Crippen LogP contribution in [0.1, 0.15) is 25.0 Å². The predicted octanol–water partition coefficient (Wildman–Crippen LogP) is 2.66. The van der Waals surface area contributed by atoms with Gasteiger partial charge in [0.05, 0.1) is 26.4 Å². The van der Waals surface area contributed by atoms with Gasteiger partial charge in [0.2, 0.25) is 0 Å². The second-order valence-corrected chi connectivity index (χ2v) is 7.70. The zero-order valence-corrected chi connectivity index (χ0v) is 16.9. The second-order valence-electron chi connectivity index (χ2n) is 7.70. The lowest BCUT2D eigenvalue weighted by Gasteiger charge is -2.45. The van der Waals surface area contributed by atoms with Crippen molar-refractivity contribution in [1.82, 2.24) is 0 Å². The summed E-state index contributed by atoms with van der Waals surface area (Å²) in [7, 11) is 0. The summed E-state index contributed by atoms with van der Waals surface area (Å²) < 4.78 is 23.0. The number of rotatable bonds is 9. The van der Waals surface area contributed by atoms with Crippen molar-refractivity contribution in [2.24, 2.45) is 0 Å². The van der Waals surface area contributed by atoms with E-state index >= 15 is 0 Å². The molecule has 1 heterocycles. The van der Waals surface area contributed by atoms with Crippen molar-refractivity contribution in [2.45, 2.75) is 57.3 Å². The van der Waals surface area contributed by atoms with Gasteiger partial charge < -0.3 is 29.2 Å². The van der Waals surface area contributed by atoms with Crippen molar-refractivity contribution in [2.75, 3.05) is 13.2 Å². The highest BCUT2D eigenvalue weighted by atomic mass is 16.7. The highest BCUT2D eigenvalue weighted by molar-refractivity contribution is 5.14. The van der Waals surface area contributed by atoms with Gasteiger partial charge in [0, 0.05) is 0 Å². The molecule has 0 radical (unpaired) electrons. The first-order chi connectivity index (χ1) is 13.9. The fourth-order valence-electron chi connectivity index (χ4n) is 3.34. The first kappa shape index (κ1) is 21.9. The normalized spacial score (nSPS) is 24.9. The molecule has 6 heteroatoms. The van der Waals surface area contributed by atoms with Crippen LogP contribution < -0.4 is 0 Å². The van der Waals surface area contributed by atoms with Crippen molar-refractivity contribution >= 4 is 0 Å². The summed E-state index contributed by atoms with van der Waals surface area (Å²) in [6.07, 6.45) is -3.47. The van der Waals surface area contributed by atoms with E-state index in [-0.39, 0.29) is 13.2 Å². The highest BCUT2D eigenvalue weighted by Crippen LogP contribution is 2.29. The Kier molecular flexibility index (Phi) is 7.77. The third-order valence-electron chi connectivity index (χ3n) is 4.75. The van der Waals surface area contributed by atoms with Crippen molar-refractivity contribution in [1.29, 1.82) is 0 Å². The molecule has 4 atom stereocenters. The van der Waals surface area contributed by atoms with E-state index in [0.29, 0.717) is 13.2 Å². The van der Waals surface area contributed by atoms with E-state index in [1.54, 1.807) is 13.8 Å². The summed E-state index contributed by atoms with van der Waals surface area (Å²) in [5.74, 6) is -0.953. The molecule has 2 aromatic carbocycles. The molecule has 3 rings (SSSR count). The van der Waals surface area contributed by atoms with Gasteiger partial charge in [-0.2, -0.15) is 0 Å². The summed E-state index contributed by atoms with van der Waals surface area (Å²) >= 11 is 0. The topological polar surface area (TPSA) is 77.4 Å². The van der Waals surface area contributed by atoms with Gasteiger partial charge in [-0.25, -0.2) is 0 Å². The van der Waals surface area contributed by atoms with Crippen LogP contribution in [-0.4, -0.2) is 53.6 Å². The summed E-state index contributed by atoms with van der Waals surface area (Å²) in [5, 5.41) is 21.3. The van der Waals surface area contributed by atoms with Crippen LogP contribution in [0.5, 0.6) is 0 Å². The van der Waals surface area contributed by atoms with E-state index in [4.69, 9.17) is 18.9 Å². The first-order valence-corrected chi connectivity index (χ1v) is 9.90. The average molecular weight is 402 g/mol. The SMILES string of the molecule is CC1(C)O[C@H]([C@H](O)COCc2ccccc2)[C@H](O)[C@@H](COCc2ccccc2)O1. The predicted molar refractivity (Wildman–Crippen MR) is 108 cm³/mol. The van der Waals surface area contributed by atoms with E-state index in [0.717, 1.165) is 11.1 Å². The number of hydrogen-bond donors (Lipinski definition) is 2. The van der Waals surface area contributed by atoms with E-state index < -0.39 is 30.2 Å². The van der Waals surface area contributed by atoms with Gasteiger partial charge in [0.25, 0.3) is 0 Å². The Hall–Kier alpha value is -1.80. The second kappa shape index (κ2) is 10.3. The number of ether oxygens (including phenoxy) is 4. The molecule has 158 valence electrons. The van der Waals surface area contributed by atoms with Crippen molar-refractivity contribution < 1.29 is 29.2 Å². The smallest absolute Gasteiger partial charge is 0.164 e. The molecule has 29 heavy (non-hydrogen) atoms. The van der Waals surface area contributed by atoms with Crippen LogP contribution >= 0.6 is 0 Å². The fraction of sp³-hybridized carbons (Fsp3) is 0.478. The molecule has 0 bridgehead atoms. The standard InChI is InChI=1S/C23H30O6/c1-23(2)28-20(16-27-14-18-11-7-4-8-12-18)21(25)22(29-23)19(24)15-26-13-17-9-5-3-6-10-17/h3-12,19-22,24-25H,13-16H2,1-2H3/t19-,20-,21-,22-/m1/s1. The highest BCUT2D eigenvalue weighted by Gasteiger charge is 2.45. The lowest BCUT2D eigenvalue weighted by atomic mass is 10.0. The molecule has 1 aliphatic rings. The number of aliphatic hydroxyl groups is 2. The summed E-state index contributed by atoms with van der Waals surface area (Å²) in [6, 6.07) is 19.5. The van der Waals surface area contributed by atoms with Gasteiger partial charge in [-0.15, -0.1) is 0 Å². The van der Waals surface area contributed by atoms with Gasteiger partial charge in [-0.1, -0.05) is 60.7 Å². The fourth-order valence-corrected chi connectivity index (χ4v) is 3.34. The maximum absolute atomic E-state index is 10.7. The van der Waals surface area contributed by atoms with Crippen LogP contribution in [0.4, 0.5) is 0 Å². The zero-order valence-electron chi connectivity index (χ0n) is 16.9. The van der Waals surface area contributed by atoms with Gasteiger partial charge in [0.1, 0.15) is 24.4 Å². The molecule has 0 unspecified atom stereocenters. The number of benzene rings is 2. The van der Waals surface area contributed by atoms with Crippen LogP contribution in [0.15, 0.2) is 60.7 Å². The Morgan fingerprint density at radius 1 is 0.897 bits per heavy atom. The minimum Gasteiger partial charge on any atom is -0.388 e. The monoisotopic (exact) mass is 402 g/mol. The molecule has 0 amide bonds. The molecule has 1 saturated heterocycles. The summed E-state index contributed by atoms with van der Waals surface area (Å²) in [4.78, 5) is 0. The van der Waals surface area contributed by atoms with Gasteiger partial charge in [0.15, 0.2) is 5.79 Å². The van der Waals surface area contributed by atoms with E-state index in [9.17, 15) is 10.2 Å². The van der Waals surface area contributed by atoms with Crippen LogP contribution in [0, 0.1) is 0 Å². The largest absolute Gasteiger partial charge is 0.388 e. The van der Waals surface area contributed by atoms with E-state index in [1.807, 2.05) is 60.7 Å². The molecule has 2 aromatic rings. The maximum Gasteiger partial charge on any atom is 0.164 e. The number of hydrogen-bond acceptors (Lipinski definition) is 6. The summed E-state index contributed by atoms with van der Waals surface area (Å²) in [5.41, 5.74) is 2.06. The maximum atomic E-state index is 10.7. The molecule has 2 N–H and O–H groups in total. The molecular weight excluding hydrogens is 372 g/mol. The first-order valence-electron chi connectivity index (χ1n) is 9.90. The lowest BCUT2D eigenvalue weighted by molar-refractivity contribution is -0.351. The van der Waals surface area contributed by atoms with Crippen LogP contribution in [0.3, 0.4) is 0 Å². The molecule has 1 aliphatic heterocycles. The molecule has 0 aliphatic carbocycles. The Balaban J connectivity index is 1.51. The van der Waals surface area contributed by atoms with Gasteiger partial charge >= 0.3 is 0 Å². The Morgan fingerprint density at radius 2 is 1.45 bits per heavy atom. The van der Waals surface area contributed by atoms with Gasteiger partial charge in [-0.3, -0.25) is 0 Å². The van der Waals surface area contributed by atoms with Gasteiger partial charge in [-0.05, 0) is 25.0 Å². The van der Waals surface area contributed by atoms with Crippen LogP contribution in [0.25, 0.3) is 0 Å². The molecule has 1 fully saturated rings. The van der Waals surface area contributed by atoms with Crippen molar-refractivity contribution in [3.63, 3.8) is 0 Å². The van der Waals surface area contributed by atoms with E-state index in [1.165, 1.54) is 0 Å². The molecule has 0 saturated carbocycles. The molecular formula is C23H30O6. The lowest BCUT2D eigenvalue weighted by Crippen LogP contribution is -2.60. The van der Waals surface area contributed by atoms with E-state index in [2.05, 4.69) is 0 Å². The molecule has 0 aromatic heterocycles. The Labute approximate surface area is 172 Å². The third-order valence-corrected chi connectivity index (χ3v) is 4.75. The minimum atomic E-state index is -1.03. The quantitative estimate of drug-likeness (QED) is 0.672. The van der Waals surface area contributed by atoms with Crippen LogP contribution in [0.2, 0.25) is 0 Å². The van der Waals surface area contributed by atoms with Crippen LogP contribution in [-0.2, 0) is 32.2 Å². The van der Waals surface area contributed by atoms with Crippen molar-refractivity contribution in [3.8, 4) is 0 Å². The number of aliphatic hydroxyl groups excluding tert-OH is 2.